The van der Waals surface area contributed by atoms with Gasteiger partial charge in [-0.15, -0.1) is 0 Å². The van der Waals surface area contributed by atoms with Crippen molar-refractivity contribution >= 4 is 40.7 Å². The monoisotopic (exact) mass is 479 g/mol. The predicted molar refractivity (Wildman–Crippen MR) is 126 cm³/mol. The first kappa shape index (κ1) is 24.2. The van der Waals surface area contributed by atoms with Gasteiger partial charge >= 0.3 is 0 Å². The van der Waals surface area contributed by atoms with Gasteiger partial charge in [0.1, 0.15) is 0 Å². The Morgan fingerprint density at radius 1 is 1.06 bits per heavy atom. The van der Waals surface area contributed by atoms with Crippen LogP contribution in [0.5, 0.6) is 11.5 Å². The fraction of sp³-hybridized carbons (Fsp3) is 0.391. The molecule has 1 aliphatic rings. The van der Waals surface area contributed by atoms with Crippen LogP contribution in [-0.2, 0) is 4.79 Å². The van der Waals surface area contributed by atoms with E-state index in [1.54, 1.807) is 29.2 Å². The van der Waals surface area contributed by atoms with E-state index in [2.05, 4.69) is 5.32 Å². The van der Waals surface area contributed by atoms with Gasteiger partial charge in [0.05, 0.1) is 36.0 Å². The van der Waals surface area contributed by atoms with Crippen molar-refractivity contribution in [3.8, 4) is 11.5 Å². The molecule has 172 valence electrons. The molecule has 2 aromatic carbocycles. The number of nitrogens with one attached hydrogen (secondary N) is 1. The number of hydrogen-bond acceptors (Lipinski definition) is 5. The van der Waals surface area contributed by atoms with Crippen molar-refractivity contribution in [2.75, 3.05) is 51.8 Å². The van der Waals surface area contributed by atoms with Crippen LogP contribution in [-0.4, -0.2) is 68.1 Å². The summed E-state index contributed by atoms with van der Waals surface area (Å²) < 4.78 is 11.0. The second kappa shape index (κ2) is 11.4. The molecule has 0 spiro atoms. The molecule has 0 aliphatic carbocycles. The van der Waals surface area contributed by atoms with Crippen LogP contribution in [0.2, 0.25) is 10.0 Å². The molecule has 0 atom stereocenters. The van der Waals surface area contributed by atoms with Crippen molar-refractivity contribution in [1.29, 1.82) is 0 Å². The molecule has 0 aromatic heterocycles. The highest BCUT2D eigenvalue weighted by molar-refractivity contribution is 6.33. The maximum Gasteiger partial charge on any atom is 0.254 e. The van der Waals surface area contributed by atoms with Gasteiger partial charge in [0, 0.05) is 31.7 Å². The fourth-order valence-corrected chi connectivity index (χ4v) is 3.88. The maximum atomic E-state index is 13.0. The van der Waals surface area contributed by atoms with Crippen LogP contribution in [0.25, 0.3) is 0 Å². The van der Waals surface area contributed by atoms with Crippen LogP contribution >= 0.6 is 23.2 Å². The lowest BCUT2D eigenvalue weighted by Crippen LogP contribution is -2.50. The van der Waals surface area contributed by atoms with Crippen molar-refractivity contribution in [2.24, 2.45) is 0 Å². The van der Waals surface area contributed by atoms with Gasteiger partial charge in [0.2, 0.25) is 5.91 Å². The molecule has 1 aliphatic heterocycles. The van der Waals surface area contributed by atoms with E-state index in [1.807, 2.05) is 24.0 Å². The second-order valence-corrected chi connectivity index (χ2v) is 8.25. The number of amides is 2. The van der Waals surface area contributed by atoms with Gasteiger partial charge in [-0.2, -0.15) is 0 Å². The van der Waals surface area contributed by atoms with Gasteiger partial charge in [-0.1, -0.05) is 42.3 Å². The van der Waals surface area contributed by atoms with Gasteiger partial charge in [0.15, 0.2) is 11.5 Å². The van der Waals surface area contributed by atoms with E-state index in [0.29, 0.717) is 65.6 Å². The number of hydrogen-bond donors (Lipinski definition) is 1. The molecular weight excluding hydrogens is 453 g/mol. The number of benzene rings is 2. The lowest BCUT2D eigenvalue weighted by molar-refractivity contribution is -0.117. The van der Waals surface area contributed by atoms with Gasteiger partial charge in [-0.25, -0.2) is 0 Å². The van der Waals surface area contributed by atoms with Crippen molar-refractivity contribution in [1.82, 2.24) is 9.80 Å². The molecule has 1 saturated heterocycles. The summed E-state index contributed by atoms with van der Waals surface area (Å²) in [7, 11) is 1.52. The number of anilines is 1. The lowest BCUT2D eigenvalue weighted by atomic mass is 10.1. The standard InChI is InChI=1S/C23H27Cl2N3O4/c1-3-12-32-22-18(25)13-16(14-20(22)31-2)23(30)28-10-8-27(9-11-28)15-21(29)26-19-7-5-4-6-17(19)24/h4-7,13-14H,3,8-12,15H2,1-2H3,(H,26,29). The molecule has 2 aromatic rings. The number of nitrogens with zero attached hydrogens (tertiary/aromatic N) is 2. The second-order valence-electron chi connectivity index (χ2n) is 7.43. The smallest absolute Gasteiger partial charge is 0.254 e. The summed E-state index contributed by atoms with van der Waals surface area (Å²) in [6.45, 7) is 4.93. The number of carbonyl (C=O) groups excluding carboxylic acids is 2. The number of ether oxygens (including phenoxy) is 2. The van der Waals surface area contributed by atoms with E-state index >= 15 is 0 Å². The Hall–Kier alpha value is -2.48. The third-order valence-electron chi connectivity index (χ3n) is 5.10. The molecule has 32 heavy (non-hydrogen) atoms. The molecule has 7 nitrogen and oxygen atoms in total. The first-order valence-corrected chi connectivity index (χ1v) is 11.2. The average Bonchev–Trinajstić information content (AvgIpc) is 2.79. The molecular formula is C23H27Cl2N3O4. The third-order valence-corrected chi connectivity index (χ3v) is 5.71. The molecule has 9 heteroatoms. The Labute approximate surface area is 198 Å². The summed E-state index contributed by atoms with van der Waals surface area (Å²) >= 11 is 12.4. The summed E-state index contributed by atoms with van der Waals surface area (Å²) in [5.41, 5.74) is 1.03. The predicted octanol–water partition coefficient (Wildman–Crippen LogP) is 4.19. The van der Waals surface area contributed by atoms with Gasteiger partial charge in [-0.3, -0.25) is 14.5 Å². The molecule has 1 N–H and O–H groups in total. The van der Waals surface area contributed by atoms with Crippen molar-refractivity contribution in [2.45, 2.75) is 13.3 Å². The highest BCUT2D eigenvalue weighted by atomic mass is 35.5. The number of methoxy groups -OCH3 is 1. The minimum absolute atomic E-state index is 0.132. The minimum atomic E-state index is -0.142. The normalized spacial score (nSPS) is 14.2. The van der Waals surface area contributed by atoms with Crippen molar-refractivity contribution in [3.05, 3.63) is 52.0 Å². The van der Waals surface area contributed by atoms with E-state index < -0.39 is 0 Å². The minimum Gasteiger partial charge on any atom is -0.493 e. The van der Waals surface area contributed by atoms with Crippen molar-refractivity contribution < 1.29 is 19.1 Å². The van der Waals surface area contributed by atoms with Crippen LogP contribution in [0.4, 0.5) is 5.69 Å². The lowest BCUT2D eigenvalue weighted by Gasteiger charge is -2.34. The highest BCUT2D eigenvalue weighted by Crippen LogP contribution is 2.37. The summed E-state index contributed by atoms with van der Waals surface area (Å²) in [5.74, 6) is 0.607. The van der Waals surface area contributed by atoms with Crippen molar-refractivity contribution in [3.63, 3.8) is 0 Å². The number of carbonyl (C=O) groups is 2. The van der Waals surface area contributed by atoms with Crippen LogP contribution in [0.1, 0.15) is 23.7 Å². The molecule has 2 amide bonds. The first-order valence-electron chi connectivity index (χ1n) is 10.5. The quantitative estimate of drug-likeness (QED) is 0.614. The number of piperazine rings is 1. The van der Waals surface area contributed by atoms with E-state index in [0.717, 1.165) is 6.42 Å². The van der Waals surface area contributed by atoms with Crippen LogP contribution in [0.3, 0.4) is 0 Å². The van der Waals surface area contributed by atoms with E-state index in [-0.39, 0.29) is 18.4 Å². The Kier molecular flexibility index (Phi) is 8.61. The first-order chi connectivity index (χ1) is 15.4. The Morgan fingerprint density at radius 2 is 1.78 bits per heavy atom. The summed E-state index contributed by atoms with van der Waals surface area (Å²) in [6.07, 6.45) is 0.834. The number of para-hydroxylation sites is 1. The maximum absolute atomic E-state index is 13.0. The zero-order valence-electron chi connectivity index (χ0n) is 18.2. The summed E-state index contributed by atoms with van der Waals surface area (Å²) in [5, 5.41) is 3.66. The number of rotatable bonds is 8. The average molecular weight is 480 g/mol. The van der Waals surface area contributed by atoms with Gasteiger partial charge < -0.3 is 19.7 Å². The summed E-state index contributed by atoms with van der Waals surface area (Å²) in [6, 6.07) is 10.4. The highest BCUT2D eigenvalue weighted by Gasteiger charge is 2.25. The molecule has 1 fully saturated rings. The zero-order valence-corrected chi connectivity index (χ0v) is 19.7. The molecule has 3 rings (SSSR count). The zero-order chi connectivity index (χ0) is 23.1. The molecule has 0 unspecified atom stereocenters. The Balaban J connectivity index is 1.56. The summed E-state index contributed by atoms with van der Waals surface area (Å²) in [4.78, 5) is 29.1. The van der Waals surface area contributed by atoms with Crippen LogP contribution < -0.4 is 14.8 Å². The largest absolute Gasteiger partial charge is 0.493 e. The van der Waals surface area contributed by atoms with E-state index in [9.17, 15) is 9.59 Å². The van der Waals surface area contributed by atoms with E-state index in [1.165, 1.54) is 7.11 Å². The topological polar surface area (TPSA) is 71.1 Å². The van der Waals surface area contributed by atoms with Gasteiger partial charge in [-0.05, 0) is 30.7 Å². The fourth-order valence-electron chi connectivity index (χ4n) is 3.43. The molecule has 1 heterocycles. The Bertz CT molecular complexity index is 962. The van der Waals surface area contributed by atoms with Crippen LogP contribution in [0, 0.1) is 0 Å². The molecule has 0 saturated carbocycles. The third kappa shape index (κ3) is 6.06. The number of halogens is 2. The molecule has 0 radical (unpaired) electrons. The van der Waals surface area contributed by atoms with Gasteiger partial charge in [0.25, 0.3) is 5.91 Å². The molecule has 0 bridgehead atoms. The Morgan fingerprint density at radius 3 is 2.44 bits per heavy atom. The van der Waals surface area contributed by atoms with Crippen LogP contribution in [0.15, 0.2) is 36.4 Å². The van der Waals surface area contributed by atoms with E-state index in [4.69, 9.17) is 32.7 Å². The SMILES string of the molecule is CCCOc1c(Cl)cc(C(=O)N2CCN(CC(=O)Nc3ccccc3Cl)CC2)cc1OC.